The van der Waals surface area contributed by atoms with Gasteiger partial charge < -0.3 is 10.3 Å². The van der Waals surface area contributed by atoms with Crippen molar-refractivity contribution in [2.45, 2.75) is 38.4 Å². The molecule has 39 heavy (non-hydrogen) atoms. The van der Waals surface area contributed by atoms with E-state index in [1.807, 2.05) is 50.4 Å². The number of hydrogen-bond donors (Lipinski definition) is 3. The van der Waals surface area contributed by atoms with E-state index in [1.165, 1.54) is 27.1 Å². The zero-order valence-electron chi connectivity index (χ0n) is 22.4. The number of para-hydroxylation sites is 1. The maximum Gasteiger partial charge on any atom is 0.240 e. The van der Waals surface area contributed by atoms with Crippen molar-refractivity contribution < 1.29 is 4.79 Å². The highest BCUT2D eigenvalue weighted by atomic mass is 16.2. The van der Waals surface area contributed by atoms with Crippen LogP contribution in [0, 0.1) is 0 Å². The molecule has 6 aromatic rings. The molecule has 2 atom stereocenters. The molecule has 0 spiro atoms. The Hall–Kier alpha value is -4.41. The molecule has 1 aromatic heterocycles. The van der Waals surface area contributed by atoms with E-state index in [4.69, 9.17) is 0 Å². The molecular weight excluding hydrogens is 478 g/mol. The van der Waals surface area contributed by atoms with Gasteiger partial charge in [-0.25, -0.2) is 0 Å². The van der Waals surface area contributed by atoms with Crippen LogP contribution in [0.2, 0.25) is 0 Å². The number of aromatic nitrogens is 1. The third kappa shape index (κ3) is 4.91. The fourth-order valence-electron chi connectivity index (χ4n) is 5.64. The SMILES string of the molecule is CC(NC(=O)C(C)(Cc1c[nH]c2ccccc12)NCc1c2ccccc2cc2ccccc12)c1ccccc1. The monoisotopic (exact) mass is 511 g/mol. The van der Waals surface area contributed by atoms with Crippen LogP contribution in [-0.2, 0) is 17.8 Å². The van der Waals surface area contributed by atoms with Crippen LogP contribution in [0.3, 0.4) is 0 Å². The summed E-state index contributed by atoms with van der Waals surface area (Å²) in [5, 5.41) is 13.0. The van der Waals surface area contributed by atoms with Crippen molar-refractivity contribution in [3.05, 3.63) is 132 Å². The van der Waals surface area contributed by atoms with Gasteiger partial charge in [0.25, 0.3) is 0 Å². The quantitative estimate of drug-likeness (QED) is 0.186. The number of hydrogen-bond acceptors (Lipinski definition) is 2. The number of carbonyl (C=O) groups excluding carboxylic acids is 1. The number of carbonyl (C=O) groups is 1. The van der Waals surface area contributed by atoms with Crippen molar-refractivity contribution in [1.29, 1.82) is 0 Å². The molecule has 0 aliphatic rings. The van der Waals surface area contributed by atoms with Crippen LogP contribution in [0.15, 0.2) is 115 Å². The van der Waals surface area contributed by atoms with Crippen LogP contribution in [0.4, 0.5) is 0 Å². The maximum atomic E-state index is 14.1. The van der Waals surface area contributed by atoms with E-state index in [1.54, 1.807) is 0 Å². The Kier molecular flexibility index (Phi) is 6.64. The summed E-state index contributed by atoms with van der Waals surface area (Å²) in [7, 11) is 0. The Bertz CT molecular complexity index is 1720. The van der Waals surface area contributed by atoms with Crippen molar-refractivity contribution in [3.63, 3.8) is 0 Å². The third-order valence-corrected chi connectivity index (χ3v) is 7.91. The van der Waals surface area contributed by atoms with Gasteiger partial charge in [-0.3, -0.25) is 10.1 Å². The second-order valence-corrected chi connectivity index (χ2v) is 10.6. The third-order valence-electron chi connectivity index (χ3n) is 7.91. The van der Waals surface area contributed by atoms with Gasteiger partial charge in [-0.05, 0) is 64.2 Å². The molecular formula is C35H33N3O. The fraction of sp³-hybridized carbons (Fsp3) is 0.171. The average Bonchev–Trinajstić information content (AvgIpc) is 3.38. The number of benzene rings is 5. The lowest BCUT2D eigenvalue weighted by atomic mass is 9.89. The molecule has 4 heteroatoms. The molecule has 5 aromatic carbocycles. The highest BCUT2D eigenvalue weighted by Crippen LogP contribution is 2.30. The molecule has 0 aliphatic heterocycles. The second kappa shape index (κ2) is 10.4. The molecule has 0 radical (unpaired) electrons. The summed E-state index contributed by atoms with van der Waals surface area (Å²) in [6, 6.07) is 37.5. The zero-order chi connectivity index (χ0) is 26.8. The first-order valence-electron chi connectivity index (χ1n) is 13.6. The van der Waals surface area contributed by atoms with E-state index < -0.39 is 5.54 Å². The van der Waals surface area contributed by atoms with E-state index in [2.05, 4.69) is 94.5 Å². The van der Waals surface area contributed by atoms with Crippen LogP contribution < -0.4 is 10.6 Å². The lowest BCUT2D eigenvalue weighted by molar-refractivity contribution is -0.127. The van der Waals surface area contributed by atoms with E-state index in [9.17, 15) is 4.79 Å². The van der Waals surface area contributed by atoms with Gasteiger partial charge in [0.1, 0.15) is 0 Å². The molecule has 6 rings (SSSR count). The smallest absolute Gasteiger partial charge is 0.240 e. The van der Waals surface area contributed by atoms with E-state index in [-0.39, 0.29) is 11.9 Å². The standard InChI is InChI=1S/C35H33N3O/c1-24(25-12-4-3-5-13-25)38-34(39)35(2,21-28-22-36-33-19-11-10-18-31(28)33)37-23-32-29-16-8-6-14-26(29)20-27-15-7-9-17-30(27)32/h3-20,22,24,36-37H,21,23H2,1-2H3,(H,38,39). The van der Waals surface area contributed by atoms with Crippen molar-refractivity contribution in [1.82, 2.24) is 15.6 Å². The Morgan fingerprint density at radius 2 is 1.38 bits per heavy atom. The van der Waals surface area contributed by atoms with Crippen LogP contribution in [0.5, 0.6) is 0 Å². The molecule has 4 nitrogen and oxygen atoms in total. The molecule has 0 bridgehead atoms. The minimum absolute atomic E-state index is 0.0197. The van der Waals surface area contributed by atoms with Gasteiger partial charge >= 0.3 is 0 Å². The van der Waals surface area contributed by atoms with Crippen LogP contribution in [0.25, 0.3) is 32.4 Å². The first-order valence-corrected chi connectivity index (χ1v) is 13.6. The summed E-state index contributed by atoms with van der Waals surface area (Å²) in [6.45, 7) is 4.63. The minimum Gasteiger partial charge on any atom is -0.361 e. The van der Waals surface area contributed by atoms with E-state index in [0.29, 0.717) is 13.0 Å². The summed E-state index contributed by atoms with van der Waals surface area (Å²) in [6.07, 6.45) is 2.58. The molecule has 0 saturated carbocycles. The Morgan fingerprint density at radius 3 is 2.08 bits per heavy atom. The van der Waals surface area contributed by atoms with Crippen molar-refractivity contribution >= 4 is 38.4 Å². The topological polar surface area (TPSA) is 56.9 Å². The number of amides is 1. The largest absolute Gasteiger partial charge is 0.361 e. The van der Waals surface area contributed by atoms with Crippen LogP contribution >= 0.6 is 0 Å². The highest BCUT2D eigenvalue weighted by Gasteiger charge is 2.35. The maximum absolute atomic E-state index is 14.1. The first-order chi connectivity index (χ1) is 19.0. The number of fused-ring (bicyclic) bond motifs is 3. The predicted molar refractivity (Wildman–Crippen MR) is 162 cm³/mol. The van der Waals surface area contributed by atoms with E-state index >= 15 is 0 Å². The average molecular weight is 512 g/mol. The molecule has 0 saturated heterocycles. The molecule has 1 heterocycles. The predicted octanol–water partition coefficient (Wildman–Crippen LogP) is 7.44. The summed E-state index contributed by atoms with van der Waals surface area (Å²) >= 11 is 0. The van der Waals surface area contributed by atoms with Gasteiger partial charge in [0.2, 0.25) is 5.91 Å². The molecule has 0 aliphatic carbocycles. The second-order valence-electron chi connectivity index (χ2n) is 10.6. The zero-order valence-corrected chi connectivity index (χ0v) is 22.4. The first kappa shape index (κ1) is 24.9. The number of H-pyrrole nitrogens is 1. The minimum atomic E-state index is -0.855. The molecule has 3 N–H and O–H groups in total. The van der Waals surface area contributed by atoms with Gasteiger partial charge in [0, 0.05) is 30.1 Å². The lowest BCUT2D eigenvalue weighted by Crippen LogP contribution is -2.56. The van der Waals surface area contributed by atoms with Gasteiger partial charge in [0.05, 0.1) is 11.6 Å². The Balaban J connectivity index is 1.37. The molecule has 194 valence electrons. The summed E-state index contributed by atoms with van der Waals surface area (Å²) < 4.78 is 0. The van der Waals surface area contributed by atoms with Gasteiger partial charge in [-0.2, -0.15) is 0 Å². The van der Waals surface area contributed by atoms with Gasteiger partial charge in [-0.1, -0.05) is 97.1 Å². The summed E-state index contributed by atoms with van der Waals surface area (Å²) in [4.78, 5) is 17.5. The normalized spacial score (nSPS) is 13.9. The summed E-state index contributed by atoms with van der Waals surface area (Å²) in [5.41, 5.74) is 3.63. The van der Waals surface area contributed by atoms with Gasteiger partial charge in [-0.15, -0.1) is 0 Å². The Morgan fingerprint density at radius 1 is 0.795 bits per heavy atom. The van der Waals surface area contributed by atoms with Crippen molar-refractivity contribution in [2.75, 3.05) is 0 Å². The van der Waals surface area contributed by atoms with Crippen LogP contribution in [-0.4, -0.2) is 16.4 Å². The fourth-order valence-corrected chi connectivity index (χ4v) is 5.64. The van der Waals surface area contributed by atoms with Gasteiger partial charge in [0.15, 0.2) is 0 Å². The van der Waals surface area contributed by atoms with Crippen molar-refractivity contribution in [3.8, 4) is 0 Å². The Labute approximate surface area is 229 Å². The number of nitrogens with one attached hydrogen (secondary N) is 3. The van der Waals surface area contributed by atoms with Crippen LogP contribution in [0.1, 0.15) is 36.6 Å². The molecule has 0 fully saturated rings. The molecule has 2 unspecified atom stereocenters. The molecule has 1 amide bonds. The lowest BCUT2D eigenvalue weighted by Gasteiger charge is -2.32. The number of rotatable bonds is 8. The summed E-state index contributed by atoms with van der Waals surface area (Å²) in [5.74, 6) is -0.0197. The number of aromatic amines is 1. The van der Waals surface area contributed by atoms with Crippen molar-refractivity contribution in [2.24, 2.45) is 0 Å². The highest BCUT2D eigenvalue weighted by molar-refractivity contribution is 6.02. The van der Waals surface area contributed by atoms with E-state index in [0.717, 1.165) is 22.0 Å².